The summed E-state index contributed by atoms with van der Waals surface area (Å²) in [5.74, 6) is 2.55. The van der Waals surface area contributed by atoms with Crippen LogP contribution in [-0.2, 0) is 4.79 Å². The minimum atomic E-state index is -0.198. The Hall–Kier alpha value is -0.670. The molecule has 8 atom stereocenters. The van der Waals surface area contributed by atoms with E-state index >= 15 is 0 Å². The highest BCUT2D eigenvalue weighted by Crippen LogP contribution is 2.70. The molecule has 4 fully saturated rings. The van der Waals surface area contributed by atoms with Crippen LogP contribution < -0.4 is 5.32 Å². The van der Waals surface area contributed by atoms with E-state index in [1.165, 1.54) is 31.3 Å². The number of Topliss-reactive ketones (excluding diaryl/α,β-unsaturated/α-hetero) is 1. The van der Waals surface area contributed by atoms with Crippen molar-refractivity contribution in [2.45, 2.75) is 83.4 Å². The third kappa shape index (κ3) is 1.60. The highest BCUT2D eigenvalue weighted by Gasteiger charge is 2.77. The van der Waals surface area contributed by atoms with Crippen molar-refractivity contribution in [3.8, 4) is 0 Å². The monoisotopic (exact) mass is 329 g/mol. The van der Waals surface area contributed by atoms with Gasteiger partial charge in [0.1, 0.15) is 0 Å². The smallest absolute Gasteiger partial charge is 0.151 e. The van der Waals surface area contributed by atoms with Crippen LogP contribution in [0.15, 0.2) is 11.6 Å². The quantitative estimate of drug-likeness (QED) is 0.573. The number of hydrogen-bond donors (Lipinski definition) is 2. The molecule has 1 saturated heterocycles. The Bertz CT molecular complexity index is 642. The zero-order chi connectivity index (χ0) is 16.9. The molecule has 0 aromatic rings. The molecule has 0 aromatic heterocycles. The fourth-order valence-corrected chi connectivity index (χ4v) is 7.92. The van der Waals surface area contributed by atoms with Crippen LogP contribution in [0.25, 0.3) is 0 Å². The lowest BCUT2D eigenvalue weighted by Gasteiger charge is -2.58. The third-order valence-corrected chi connectivity index (χ3v) is 9.25. The van der Waals surface area contributed by atoms with E-state index in [9.17, 15) is 9.90 Å². The molecule has 0 aromatic carbocycles. The van der Waals surface area contributed by atoms with Gasteiger partial charge in [0.15, 0.2) is 5.78 Å². The summed E-state index contributed by atoms with van der Waals surface area (Å²) in [6.45, 7) is 6.68. The Morgan fingerprint density at radius 2 is 2.04 bits per heavy atom. The van der Waals surface area contributed by atoms with E-state index in [0.717, 1.165) is 31.1 Å². The van der Waals surface area contributed by atoms with Crippen LogP contribution in [0.4, 0.5) is 0 Å². The molecule has 5 rings (SSSR count). The molecular weight excluding hydrogens is 298 g/mol. The number of nitrogens with one attached hydrogen (secondary N) is 1. The molecule has 4 aliphatic carbocycles. The van der Waals surface area contributed by atoms with Gasteiger partial charge in [0.05, 0.1) is 11.6 Å². The van der Waals surface area contributed by atoms with Crippen molar-refractivity contribution in [3.05, 3.63) is 11.6 Å². The average Bonchev–Trinajstić information content (AvgIpc) is 3.21. The second-order valence-electron chi connectivity index (χ2n) is 9.91. The molecule has 1 heterocycles. The number of aliphatic hydroxyl groups excluding tert-OH is 1. The molecule has 0 amide bonds. The lowest BCUT2D eigenvalue weighted by Crippen LogP contribution is -2.55. The van der Waals surface area contributed by atoms with E-state index in [4.69, 9.17) is 0 Å². The first kappa shape index (κ1) is 15.6. The number of aliphatic hydroxyl groups is 1. The van der Waals surface area contributed by atoms with Gasteiger partial charge in [-0.1, -0.05) is 25.5 Å². The highest BCUT2D eigenvalue weighted by molar-refractivity contribution is 5.92. The van der Waals surface area contributed by atoms with Crippen LogP contribution in [0.3, 0.4) is 0 Å². The lowest BCUT2D eigenvalue weighted by atomic mass is 9.46. The predicted molar refractivity (Wildman–Crippen MR) is 93.4 cm³/mol. The first-order valence-corrected chi connectivity index (χ1v) is 9.99. The largest absolute Gasteiger partial charge is 0.393 e. The minimum absolute atomic E-state index is 0.126. The standard InChI is InChI=1S/C21H31NO2/c1-12(23)21-18(22-21)11-17-15-5-4-13-10-14(24)6-8-19(13,2)16(15)7-9-20(17,21)3/h4,14-18,22,24H,5-11H2,1-3H3/t14-,15+,16+,17+,18+,19-,20-,21+/m0/s1. The summed E-state index contributed by atoms with van der Waals surface area (Å²) in [6, 6.07) is 0.440. The zero-order valence-corrected chi connectivity index (χ0v) is 15.3. The Kier molecular flexibility index (Phi) is 2.94. The Morgan fingerprint density at radius 1 is 1.25 bits per heavy atom. The second kappa shape index (κ2) is 4.54. The van der Waals surface area contributed by atoms with Gasteiger partial charge in [0.2, 0.25) is 0 Å². The van der Waals surface area contributed by atoms with Crippen LogP contribution in [0.2, 0.25) is 0 Å². The molecular formula is C21H31NO2. The number of allylic oxidation sites excluding steroid dienone is 1. The van der Waals surface area contributed by atoms with Gasteiger partial charge < -0.3 is 5.11 Å². The summed E-state index contributed by atoms with van der Waals surface area (Å²) >= 11 is 0. The maximum Gasteiger partial charge on any atom is 0.151 e. The summed E-state index contributed by atoms with van der Waals surface area (Å²) in [5.41, 5.74) is 1.79. The van der Waals surface area contributed by atoms with Gasteiger partial charge in [0.25, 0.3) is 0 Å². The summed E-state index contributed by atoms with van der Waals surface area (Å²) in [6.07, 6.45) is 10.2. The highest BCUT2D eigenvalue weighted by atomic mass is 16.3. The molecule has 3 saturated carbocycles. The van der Waals surface area contributed by atoms with E-state index in [0.29, 0.717) is 23.2 Å². The molecule has 1 aliphatic heterocycles. The van der Waals surface area contributed by atoms with Gasteiger partial charge in [-0.15, -0.1) is 0 Å². The maximum atomic E-state index is 12.5. The van der Waals surface area contributed by atoms with Crippen LogP contribution in [0, 0.1) is 28.6 Å². The van der Waals surface area contributed by atoms with Crippen molar-refractivity contribution in [1.29, 1.82) is 0 Å². The average molecular weight is 329 g/mol. The number of fused-ring (bicyclic) bond motifs is 7. The number of hydrogen-bond acceptors (Lipinski definition) is 3. The lowest BCUT2D eigenvalue weighted by molar-refractivity contribution is -0.126. The van der Waals surface area contributed by atoms with Crippen molar-refractivity contribution in [1.82, 2.24) is 5.32 Å². The molecule has 3 nitrogen and oxygen atoms in total. The van der Waals surface area contributed by atoms with E-state index in [-0.39, 0.29) is 17.1 Å². The van der Waals surface area contributed by atoms with Crippen LogP contribution in [0.1, 0.15) is 65.7 Å². The number of ketones is 1. The van der Waals surface area contributed by atoms with Gasteiger partial charge in [-0.05, 0) is 80.5 Å². The van der Waals surface area contributed by atoms with Gasteiger partial charge in [-0.3, -0.25) is 10.1 Å². The fourth-order valence-electron chi connectivity index (χ4n) is 7.92. The van der Waals surface area contributed by atoms with Crippen molar-refractivity contribution < 1.29 is 9.90 Å². The number of rotatable bonds is 1. The fraction of sp³-hybridized carbons (Fsp3) is 0.857. The van der Waals surface area contributed by atoms with Crippen molar-refractivity contribution in [2.75, 3.05) is 0 Å². The van der Waals surface area contributed by atoms with Gasteiger partial charge in [-0.25, -0.2) is 0 Å². The zero-order valence-electron chi connectivity index (χ0n) is 15.3. The van der Waals surface area contributed by atoms with Gasteiger partial charge >= 0.3 is 0 Å². The predicted octanol–water partition coefficient (Wildman–Crippen LogP) is 3.22. The van der Waals surface area contributed by atoms with Crippen molar-refractivity contribution in [3.63, 3.8) is 0 Å². The molecule has 0 radical (unpaired) electrons. The van der Waals surface area contributed by atoms with E-state index in [2.05, 4.69) is 25.2 Å². The van der Waals surface area contributed by atoms with Crippen molar-refractivity contribution in [2.24, 2.45) is 28.6 Å². The molecule has 5 aliphatic rings. The van der Waals surface area contributed by atoms with Crippen molar-refractivity contribution >= 4 is 5.78 Å². The summed E-state index contributed by atoms with van der Waals surface area (Å²) in [5, 5.41) is 13.7. The number of piperidine rings is 1. The number of carbonyl (C=O) groups is 1. The van der Waals surface area contributed by atoms with Gasteiger partial charge in [0, 0.05) is 6.04 Å². The van der Waals surface area contributed by atoms with E-state index in [1.807, 2.05) is 0 Å². The SMILES string of the molecule is CC(=O)[C@@]12N[C@@H]1C[C@@H]1[C@@H]3CC=C4C[C@@H](O)CC[C@]4(C)[C@@H]3CC[C@@]12C. The molecule has 132 valence electrons. The minimum Gasteiger partial charge on any atom is -0.393 e. The second-order valence-corrected chi connectivity index (χ2v) is 9.91. The Morgan fingerprint density at radius 3 is 2.79 bits per heavy atom. The maximum absolute atomic E-state index is 12.5. The number of carbonyl (C=O) groups excluding carboxylic acids is 1. The molecule has 0 bridgehead atoms. The summed E-state index contributed by atoms with van der Waals surface area (Å²) < 4.78 is 0. The van der Waals surface area contributed by atoms with Crippen LogP contribution in [0.5, 0.6) is 0 Å². The van der Waals surface area contributed by atoms with Gasteiger partial charge in [-0.2, -0.15) is 0 Å². The normalized spacial score (nSPS) is 58.0. The Balaban J connectivity index is 1.51. The Labute approximate surface area is 145 Å². The van der Waals surface area contributed by atoms with Crippen LogP contribution in [-0.4, -0.2) is 28.6 Å². The molecule has 2 N–H and O–H groups in total. The van der Waals surface area contributed by atoms with E-state index in [1.54, 1.807) is 6.92 Å². The molecule has 3 heteroatoms. The molecule has 0 spiro atoms. The molecule has 24 heavy (non-hydrogen) atoms. The summed E-state index contributed by atoms with van der Waals surface area (Å²) in [4.78, 5) is 12.5. The topological polar surface area (TPSA) is 59.2 Å². The molecule has 0 unspecified atom stereocenters. The van der Waals surface area contributed by atoms with Crippen LogP contribution >= 0.6 is 0 Å². The van der Waals surface area contributed by atoms with E-state index < -0.39 is 0 Å². The first-order valence-electron chi connectivity index (χ1n) is 9.99. The summed E-state index contributed by atoms with van der Waals surface area (Å²) in [7, 11) is 0. The first-order chi connectivity index (χ1) is 11.3. The third-order valence-electron chi connectivity index (χ3n) is 9.25.